The summed E-state index contributed by atoms with van der Waals surface area (Å²) in [5.74, 6) is 0.677. The third kappa shape index (κ3) is 3.20. The summed E-state index contributed by atoms with van der Waals surface area (Å²) < 4.78 is 1.90. The highest BCUT2D eigenvalue weighted by Gasteiger charge is 2.22. The molecule has 2 rings (SSSR count). The van der Waals surface area contributed by atoms with Crippen LogP contribution in [0.15, 0.2) is 36.7 Å². The van der Waals surface area contributed by atoms with Crippen molar-refractivity contribution in [3.8, 4) is 0 Å². The number of hydrogen-bond acceptors (Lipinski definition) is 2. The van der Waals surface area contributed by atoms with Crippen LogP contribution >= 0.6 is 11.6 Å². The van der Waals surface area contributed by atoms with E-state index in [1.54, 1.807) is 6.20 Å². The van der Waals surface area contributed by atoms with E-state index in [0.717, 1.165) is 11.4 Å². The maximum Gasteiger partial charge on any atom is 0.223 e. The van der Waals surface area contributed by atoms with Gasteiger partial charge >= 0.3 is 0 Å². The molecule has 1 heterocycles. The Morgan fingerprint density at radius 1 is 1.40 bits per heavy atom. The highest BCUT2D eigenvalue weighted by atomic mass is 35.5. The molecular formula is C15H18ClN3O. The summed E-state index contributed by atoms with van der Waals surface area (Å²) in [6.07, 6.45) is 3.57. The van der Waals surface area contributed by atoms with Crippen LogP contribution in [0.2, 0.25) is 5.02 Å². The van der Waals surface area contributed by atoms with Gasteiger partial charge in [-0.25, -0.2) is 4.98 Å². The second-order valence-electron chi connectivity index (χ2n) is 5.05. The van der Waals surface area contributed by atoms with Crippen LogP contribution in [0.3, 0.4) is 0 Å². The van der Waals surface area contributed by atoms with Crippen LogP contribution in [-0.2, 0) is 11.8 Å². The molecule has 2 aromatic rings. The van der Waals surface area contributed by atoms with Gasteiger partial charge in [-0.3, -0.25) is 4.79 Å². The van der Waals surface area contributed by atoms with Crippen molar-refractivity contribution < 1.29 is 4.79 Å². The van der Waals surface area contributed by atoms with E-state index in [1.165, 1.54) is 0 Å². The van der Waals surface area contributed by atoms with Gasteiger partial charge in [-0.2, -0.15) is 0 Å². The lowest BCUT2D eigenvalue weighted by atomic mass is 10.0. The first-order valence-corrected chi connectivity index (χ1v) is 6.90. The van der Waals surface area contributed by atoms with Gasteiger partial charge in [0.2, 0.25) is 5.91 Å². The summed E-state index contributed by atoms with van der Waals surface area (Å²) in [7, 11) is 1.90. The van der Waals surface area contributed by atoms with Gasteiger partial charge in [0.05, 0.1) is 0 Å². The van der Waals surface area contributed by atoms with E-state index in [0.29, 0.717) is 5.02 Å². The SMILES string of the molecule is CC(C)C(=O)NC(c1cccc(Cl)c1)c1nccn1C. The van der Waals surface area contributed by atoms with Crippen LogP contribution < -0.4 is 5.32 Å². The quantitative estimate of drug-likeness (QED) is 0.941. The number of aryl methyl sites for hydroxylation is 1. The predicted molar refractivity (Wildman–Crippen MR) is 79.5 cm³/mol. The summed E-state index contributed by atoms with van der Waals surface area (Å²) in [6.45, 7) is 3.73. The molecule has 20 heavy (non-hydrogen) atoms. The summed E-state index contributed by atoms with van der Waals surface area (Å²) in [6, 6.07) is 7.16. The van der Waals surface area contributed by atoms with Crippen LogP contribution in [0, 0.1) is 5.92 Å². The van der Waals surface area contributed by atoms with E-state index in [4.69, 9.17) is 11.6 Å². The number of nitrogens with one attached hydrogen (secondary N) is 1. The molecule has 106 valence electrons. The Bertz CT molecular complexity index is 607. The summed E-state index contributed by atoms with van der Waals surface area (Å²) >= 11 is 6.05. The second-order valence-corrected chi connectivity index (χ2v) is 5.48. The minimum atomic E-state index is -0.302. The smallest absolute Gasteiger partial charge is 0.223 e. The van der Waals surface area contributed by atoms with E-state index in [2.05, 4.69) is 10.3 Å². The molecule has 1 aromatic heterocycles. The standard InChI is InChI=1S/C15H18ClN3O/c1-10(2)15(20)18-13(14-17-7-8-19(14)3)11-5-4-6-12(16)9-11/h4-10,13H,1-3H3,(H,18,20). The molecule has 0 aliphatic rings. The van der Waals surface area contributed by atoms with E-state index < -0.39 is 0 Å². The van der Waals surface area contributed by atoms with Crippen molar-refractivity contribution in [2.75, 3.05) is 0 Å². The van der Waals surface area contributed by atoms with Crippen molar-refractivity contribution in [3.05, 3.63) is 53.1 Å². The van der Waals surface area contributed by atoms with E-state index in [1.807, 2.05) is 55.9 Å². The number of nitrogens with zero attached hydrogens (tertiary/aromatic N) is 2. The molecule has 1 N–H and O–H groups in total. The Kier molecular flexibility index (Phi) is 4.45. The first kappa shape index (κ1) is 14.6. The van der Waals surface area contributed by atoms with Crippen LogP contribution in [-0.4, -0.2) is 15.5 Å². The Balaban J connectivity index is 2.39. The Labute approximate surface area is 123 Å². The highest BCUT2D eigenvalue weighted by molar-refractivity contribution is 6.30. The maximum absolute atomic E-state index is 12.0. The minimum Gasteiger partial charge on any atom is -0.342 e. The van der Waals surface area contributed by atoms with Gasteiger partial charge in [0.15, 0.2) is 0 Å². The first-order chi connectivity index (χ1) is 9.49. The van der Waals surface area contributed by atoms with Crippen molar-refractivity contribution in [2.24, 2.45) is 13.0 Å². The van der Waals surface area contributed by atoms with Gasteiger partial charge in [0.25, 0.3) is 0 Å². The molecule has 1 atom stereocenters. The van der Waals surface area contributed by atoms with E-state index in [9.17, 15) is 4.79 Å². The number of carbonyl (C=O) groups is 1. The number of carbonyl (C=O) groups excluding carboxylic acids is 1. The number of imidazole rings is 1. The number of amides is 1. The van der Waals surface area contributed by atoms with Crippen LogP contribution in [0.4, 0.5) is 0 Å². The Morgan fingerprint density at radius 3 is 2.70 bits per heavy atom. The largest absolute Gasteiger partial charge is 0.342 e. The predicted octanol–water partition coefficient (Wildman–Crippen LogP) is 2.94. The molecule has 0 radical (unpaired) electrons. The highest BCUT2D eigenvalue weighted by Crippen LogP contribution is 2.23. The lowest BCUT2D eigenvalue weighted by Crippen LogP contribution is -2.33. The fourth-order valence-corrected chi connectivity index (χ4v) is 2.15. The Morgan fingerprint density at radius 2 is 2.15 bits per heavy atom. The molecule has 1 unspecified atom stereocenters. The van der Waals surface area contributed by atoms with Crippen molar-refractivity contribution in [1.82, 2.24) is 14.9 Å². The van der Waals surface area contributed by atoms with Gasteiger partial charge in [0.1, 0.15) is 11.9 Å². The van der Waals surface area contributed by atoms with Crippen molar-refractivity contribution in [3.63, 3.8) is 0 Å². The second kappa shape index (κ2) is 6.09. The third-order valence-electron chi connectivity index (χ3n) is 3.11. The fraction of sp³-hybridized carbons (Fsp3) is 0.333. The molecule has 1 aromatic carbocycles. The molecule has 0 saturated heterocycles. The van der Waals surface area contributed by atoms with E-state index in [-0.39, 0.29) is 17.9 Å². The number of rotatable bonds is 4. The van der Waals surface area contributed by atoms with Crippen molar-refractivity contribution in [2.45, 2.75) is 19.9 Å². The number of aromatic nitrogens is 2. The molecule has 0 aliphatic heterocycles. The molecular weight excluding hydrogens is 274 g/mol. The van der Waals surface area contributed by atoms with Crippen LogP contribution in [0.1, 0.15) is 31.3 Å². The van der Waals surface area contributed by atoms with Gasteiger partial charge in [-0.05, 0) is 17.7 Å². The van der Waals surface area contributed by atoms with Crippen molar-refractivity contribution >= 4 is 17.5 Å². The molecule has 0 spiro atoms. The van der Waals surface area contributed by atoms with Gasteiger partial charge in [-0.1, -0.05) is 37.6 Å². The lowest BCUT2D eigenvalue weighted by Gasteiger charge is -2.20. The molecule has 5 heteroatoms. The van der Waals surface area contributed by atoms with Crippen LogP contribution in [0.25, 0.3) is 0 Å². The molecule has 0 aliphatic carbocycles. The summed E-state index contributed by atoms with van der Waals surface area (Å²) in [5.41, 5.74) is 0.917. The molecule has 0 fully saturated rings. The zero-order valence-electron chi connectivity index (χ0n) is 11.8. The van der Waals surface area contributed by atoms with E-state index >= 15 is 0 Å². The zero-order valence-corrected chi connectivity index (χ0v) is 12.6. The molecule has 0 bridgehead atoms. The topological polar surface area (TPSA) is 46.9 Å². The number of benzene rings is 1. The maximum atomic E-state index is 12.0. The van der Waals surface area contributed by atoms with Gasteiger partial charge in [-0.15, -0.1) is 0 Å². The zero-order chi connectivity index (χ0) is 14.7. The monoisotopic (exact) mass is 291 g/mol. The number of halogens is 1. The average Bonchev–Trinajstić information content (AvgIpc) is 2.81. The lowest BCUT2D eigenvalue weighted by molar-refractivity contribution is -0.124. The Hall–Kier alpha value is -1.81. The number of hydrogen-bond donors (Lipinski definition) is 1. The third-order valence-corrected chi connectivity index (χ3v) is 3.34. The fourth-order valence-electron chi connectivity index (χ4n) is 1.95. The first-order valence-electron chi connectivity index (χ1n) is 6.52. The summed E-state index contributed by atoms with van der Waals surface area (Å²) in [5, 5.41) is 3.66. The normalized spacial score (nSPS) is 12.4. The molecule has 4 nitrogen and oxygen atoms in total. The van der Waals surface area contributed by atoms with Crippen molar-refractivity contribution in [1.29, 1.82) is 0 Å². The van der Waals surface area contributed by atoms with Gasteiger partial charge in [0, 0.05) is 30.4 Å². The molecule has 1 amide bonds. The minimum absolute atomic E-state index is 0.0158. The average molecular weight is 292 g/mol. The molecule has 0 saturated carbocycles. The van der Waals surface area contributed by atoms with Crippen LogP contribution in [0.5, 0.6) is 0 Å². The summed E-state index contributed by atoms with van der Waals surface area (Å²) in [4.78, 5) is 16.4. The van der Waals surface area contributed by atoms with Gasteiger partial charge < -0.3 is 9.88 Å².